The molecule has 2 rings (SSSR count). The Morgan fingerprint density at radius 2 is 1.93 bits per heavy atom. The van der Waals surface area contributed by atoms with Gasteiger partial charge in [0.05, 0.1) is 17.6 Å². The van der Waals surface area contributed by atoms with Crippen molar-refractivity contribution in [2.75, 3.05) is 43.9 Å². The molecule has 2 heterocycles. The summed E-state index contributed by atoms with van der Waals surface area (Å²) >= 11 is 0. The second-order valence-electron chi connectivity index (χ2n) is 4.17. The number of nitrogens with zero attached hydrogens (tertiary/aromatic N) is 3. The second-order valence-corrected chi connectivity index (χ2v) is 4.17. The van der Waals surface area contributed by atoms with Crippen LogP contribution < -0.4 is 10.6 Å². The zero-order chi connectivity index (χ0) is 10.8. The molecule has 0 unspecified atom stereocenters. The molecule has 0 saturated carbocycles. The van der Waals surface area contributed by atoms with E-state index in [0.717, 1.165) is 43.2 Å². The highest BCUT2D eigenvalue weighted by Crippen LogP contribution is 2.23. The summed E-state index contributed by atoms with van der Waals surface area (Å²) in [7, 11) is 2.15. The number of aromatic nitrogens is 1. The van der Waals surface area contributed by atoms with Crippen molar-refractivity contribution >= 4 is 11.4 Å². The molecule has 2 N–H and O–H groups in total. The largest absolute Gasteiger partial charge is 0.396 e. The molecule has 0 amide bonds. The molecule has 0 radical (unpaired) electrons. The number of likely N-dealkylation sites (N-methyl/N-ethyl adjacent to an activating group) is 1. The highest BCUT2D eigenvalue weighted by Gasteiger charge is 2.16. The Balaban J connectivity index is 2.18. The highest BCUT2D eigenvalue weighted by molar-refractivity contribution is 5.67. The fourth-order valence-electron chi connectivity index (χ4n) is 1.88. The number of nitrogen functional groups attached to an aromatic ring is 1. The summed E-state index contributed by atoms with van der Waals surface area (Å²) in [6, 6.07) is 2.07. The first-order valence-electron chi connectivity index (χ1n) is 5.32. The minimum absolute atomic E-state index is 0.783. The van der Waals surface area contributed by atoms with Gasteiger partial charge in [-0.2, -0.15) is 0 Å². The van der Waals surface area contributed by atoms with Crippen LogP contribution in [0.1, 0.15) is 5.69 Å². The van der Waals surface area contributed by atoms with Crippen molar-refractivity contribution in [1.29, 1.82) is 0 Å². The molecule has 1 saturated heterocycles. The molecule has 0 spiro atoms. The van der Waals surface area contributed by atoms with E-state index in [0.29, 0.717) is 0 Å². The molecule has 4 heteroatoms. The minimum atomic E-state index is 0.783. The molecule has 0 atom stereocenters. The third-order valence-corrected chi connectivity index (χ3v) is 2.89. The van der Waals surface area contributed by atoms with Gasteiger partial charge in [0.1, 0.15) is 0 Å². The SMILES string of the molecule is Cc1cc(N2CCN(C)CC2)c(N)cn1. The van der Waals surface area contributed by atoms with E-state index in [-0.39, 0.29) is 0 Å². The van der Waals surface area contributed by atoms with Crippen LogP contribution in [0.3, 0.4) is 0 Å². The fourth-order valence-corrected chi connectivity index (χ4v) is 1.88. The predicted octanol–water partition coefficient (Wildman–Crippen LogP) is 0.724. The standard InChI is InChI=1S/C11H18N4/c1-9-7-11(10(12)8-13-9)15-5-3-14(2)4-6-15/h7-8H,3-6,12H2,1-2H3. The molecule has 0 aliphatic carbocycles. The molecular weight excluding hydrogens is 188 g/mol. The lowest BCUT2D eigenvalue weighted by atomic mass is 10.2. The normalized spacial score (nSPS) is 18.1. The molecule has 1 aromatic rings. The van der Waals surface area contributed by atoms with Crippen LogP contribution >= 0.6 is 0 Å². The average molecular weight is 206 g/mol. The number of rotatable bonds is 1. The van der Waals surface area contributed by atoms with Crippen molar-refractivity contribution in [2.24, 2.45) is 0 Å². The molecule has 1 aromatic heterocycles. The molecule has 0 bridgehead atoms. The first kappa shape index (κ1) is 10.2. The maximum Gasteiger partial charge on any atom is 0.0738 e. The van der Waals surface area contributed by atoms with Crippen LogP contribution in [0.2, 0.25) is 0 Å². The lowest BCUT2D eigenvalue weighted by Gasteiger charge is -2.34. The van der Waals surface area contributed by atoms with Crippen molar-refractivity contribution in [2.45, 2.75) is 6.92 Å². The number of pyridine rings is 1. The Labute approximate surface area is 90.7 Å². The third kappa shape index (κ3) is 2.21. The molecule has 4 nitrogen and oxygen atoms in total. The third-order valence-electron chi connectivity index (χ3n) is 2.89. The van der Waals surface area contributed by atoms with E-state index in [1.165, 1.54) is 0 Å². The lowest BCUT2D eigenvalue weighted by Crippen LogP contribution is -2.44. The monoisotopic (exact) mass is 206 g/mol. The number of anilines is 2. The van der Waals surface area contributed by atoms with Crippen molar-refractivity contribution in [3.05, 3.63) is 18.0 Å². The second kappa shape index (κ2) is 4.06. The summed E-state index contributed by atoms with van der Waals surface area (Å²) in [5, 5.41) is 0. The molecular formula is C11H18N4. The maximum absolute atomic E-state index is 5.94. The summed E-state index contributed by atoms with van der Waals surface area (Å²) in [6.07, 6.45) is 1.75. The summed E-state index contributed by atoms with van der Waals surface area (Å²) in [5.74, 6) is 0. The number of aryl methyl sites for hydroxylation is 1. The summed E-state index contributed by atoms with van der Waals surface area (Å²) in [4.78, 5) is 8.86. The van der Waals surface area contributed by atoms with Gasteiger partial charge in [-0.1, -0.05) is 0 Å². The van der Waals surface area contributed by atoms with Crippen molar-refractivity contribution < 1.29 is 0 Å². The van der Waals surface area contributed by atoms with E-state index in [1.54, 1.807) is 6.20 Å². The summed E-state index contributed by atoms with van der Waals surface area (Å²) < 4.78 is 0. The van der Waals surface area contributed by atoms with Gasteiger partial charge in [0.15, 0.2) is 0 Å². The average Bonchev–Trinajstić information content (AvgIpc) is 2.23. The lowest BCUT2D eigenvalue weighted by molar-refractivity contribution is 0.313. The molecule has 0 aromatic carbocycles. The molecule has 82 valence electrons. The fraction of sp³-hybridized carbons (Fsp3) is 0.545. The Hall–Kier alpha value is -1.29. The van der Waals surface area contributed by atoms with E-state index < -0.39 is 0 Å². The Kier molecular flexibility index (Phi) is 2.77. The van der Waals surface area contributed by atoms with Crippen LogP contribution in [0, 0.1) is 6.92 Å². The van der Waals surface area contributed by atoms with Gasteiger partial charge in [0, 0.05) is 31.9 Å². The summed E-state index contributed by atoms with van der Waals surface area (Å²) in [6.45, 7) is 6.29. The van der Waals surface area contributed by atoms with E-state index in [4.69, 9.17) is 5.73 Å². The predicted molar refractivity (Wildman–Crippen MR) is 63.1 cm³/mol. The van der Waals surface area contributed by atoms with Crippen LogP contribution in [0.15, 0.2) is 12.3 Å². The van der Waals surface area contributed by atoms with Gasteiger partial charge in [-0.25, -0.2) is 0 Å². The smallest absolute Gasteiger partial charge is 0.0738 e. The van der Waals surface area contributed by atoms with E-state index in [2.05, 4.69) is 27.9 Å². The van der Waals surface area contributed by atoms with Crippen LogP contribution in [0.25, 0.3) is 0 Å². The van der Waals surface area contributed by atoms with Crippen LogP contribution in [-0.2, 0) is 0 Å². The van der Waals surface area contributed by atoms with Gasteiger partial charge in [-0.05, 0) is 20.0 Å². The summed E-state index contributed by atoms with van der Waals surface area (Å²) in [5.41, 5.74) is 8.88. The van der Waals surface area contributed by atoms with E-state index in [1.807, 2.05) is 6.92 Å². The molecule has 1 fully saturated rings. The van der Waals surface area contributed by atoms with Crippen molar-refractivity contribution in [3.63, 3.8) is 0 Å². The maximum atomic E-state index is 5.94. The molecule has 1 aliphatic rings. The Morgan fingerprint density at radius 1 is 1.27 bits per heavy atom. The Morgan fingerprint density at radius 3 is 2.60 bits per heavy atom. The first-order valence-corrected chi connectivity index (χ1v) is 5.32. The Bertz CT molecular complexity index is 342. The zero-order valence-electron chi connectivity index (χ0n) is 9.40. The highest BCUT2D eigenvalue weighted by atomic mass is 15.3. The number of hydrogen-bond acceptors (Lipinski definition) is 4. The van der Waals surface area contributed by atoms with Crippen LogP contribution in [0.5, 0.6) is 0 Å². The van der Waals surface area contributed by atoms with Gasteiger partial charge in [0.25, 0.3) is 0 Å². The van der Waals surface area contributed by atoms with Crippen molar-refractivity contribution in [1.82, 2.24) is 9.88 Å². The first-order chi connectivity index (χ1) is 7.16. The number of hydrogen-bond donors (Lipinski definition) is 1. The van der Waals surface area contributed by atoms with Crippen LogP contribution in [0.4, 0.5) is 11.4 Å². The number of nitrogens with two attached hydrogens (primary N) is 1. The quantitative estimate of drug-likeness (QED) is 0.735. The van der Waals surface area contributed by atoms with Gasteiger partial charge in [0.2, 0.25) is 0 Å². The van der Waals surface area contributed by atoms with Crippen LogP contribution in [-0.4, -0.2) is 43.1 Å². The van der Waals surface area contributed by atoms with Gasteiger partial charge in [-0.3, -0.25) is 4.98 Å². The molecule has 1 aliphatic heterocycles. The minimum Gasteiger partial charge on any atom is -0.396 e. The molecule has 15 heavy (non-hydrogen) atoms. The topological polar surface area (TPSA) is 45.4 Å². The zero-order valence-corrected chi connectivity index (χ0v) is 9.40. The van der Waals surface area contributed by atoms with E-state index >= 15 is 0 Å². The van der Waals surface area contributed by atoms with Gasteiger partial charge in [-0.15, -0.1) is 0 Å². The van der Waals surface area contributed by atoms with E-state index in [9.17, 15) is 0 Å². The number of piperazine rings is 1. The van der Waals surface area contributed by atoms with Gasteiger partial charge >= 0.3 is 0 Å². The van der Waals surface area contributed by atoms with Gasteiger partial charge < -0.3 is 15.5 Å². The van der Waals surface area contributed by atoms with Crippen molar-refractivity contribution in [3.8, 4) is 0 Å².